The van der Waals surface area contributed by atoms with E-state index in [1.54, 1.807) is 12.1 Å². The van der Waals surface area contributed by atoms with Crippen LogP contribution in [0.5, 0.6) is 0 Å². The standard InChI is InChI=1S/C10H8BrClN2O3/c11-7-2-1-6(9(12)13-7)14-4-5(10(16)17)3-8(14)15/h1-2,5H,3-4H2,(H,16,17). The molecule has 1 saturated heterocycles. The van der Waals surface area contributed by atoms with Crippen LogP contribution in [0, 0.1) is 5.92 Å². The lowest BCUT2D eigenvalue weighted by Crippen LogP contribution is -2.26. The van der Waals surface area contributed by atoms with Crippen LogP contribution in [0.2, 0.25) is 5.15 Å². The van der Waals surface area contributed by atoms with Crippen LogP contribution in [0.3, 0.4) is 0 Å². The highest BCUT2D eigenvalue weighted by Gasteiger charge is 2.36. The molecule has 2 rings (SSSR count). The fraction of sp³-hybridized carbons (Fsp3) is 0.300. The Morgan fingerprint density at radius 1 is 1.59 bits per heavy atom. The number of carbonyl (C=O) groups excluding carboxylic acids is 1. The number of anilines is 1. The number of carboxylic acid groups (broad SMARTS) is 1. The maximum Gasteiger partial charge on any atom is 0.308 e. The van der Waals surface area contributed by atoms with E-state index in [2.05, 4.69) is 20.9 Å². The second-order valence-electron chi connectivity index (χ2n) is 3.69. The van der Waals surface area contributed by atoms with E-state index in [1.165, 1.54) is 4.90 Å². The van der Waals surface area contributed by atoms with Crippen molar-refractivity contribution in [3.63, 3.8) is 0 Å². The highest BCUT2D eigenvalue weighted by Crippen LogP contribution is 2.31. The average Bonchev–Trinajstić information content (AvgIpc) is 2.61. The van der Waals surface area contributed by atoms with E-state index < -0.39 is 11.9 Å². The number of rotatable bonds is 2. The topological polar surface area (TPSA) is 70.5 Å². The van der Waals surface area contributed by atoms with Gasteiger partial charge in [0.1, 0.15) is 4.60 Å². The Morgan fingerprint density at radius 3 is 2.82 bits per heavy atom. The van der Waals surface area contributed by atoms with Crippen molar-refractivity contribution in [2.45, 2.75) is 6.42 Å². The van der Waals surface area contributed by atoms with E-state index in [0.717, 1.165) is 0 Å². The number of aromatic nitrogens is 1. The number of nitrogens with zero attached hydrogens (tertiary/aromatic N) is 2. The van der Waals surface area contributed by atoms with E-state index in [4.69, 9.17) is 16.7 Å². The Hall–Kier alpha value is -1.14. The van der Waals surface area contributed by atoms with Gasteiger partial charge in [0.05, 0.1) is 11.6 Å². The van der Waals surface area contributed by atoms with Crippen LogP contribution in [-0.2, 0) is 9.59 Å². The van der Waals surface area contributed by atoms with Gasteiger partial charge in [0.25, 0.3) is 0 Å². The minimum atomic E-state index is -0.970. The summed E-state index contributed by atoms with van der Waals surface area (Å²) in [6.07, 6.45) is 0.00171. The lowest BCUT2D eigenvalue weighted by molar-refractivity contribution is -0.141. The van der Waals surface area contributed by atoms with Crippen molar-refractivity contribution < 1.29 is 14.7 Å². The van der Waals surface area contributed by atoms with Crippen molar-refractivity contribution >= 4 is 45.1 Å². The summed E-state index contributed by atoms with van der Waals surface area (Å²) in [7, 11) is 0. The molecule has 0 saturated carbocycles. The third-order valence-electron chi connectivity index (χ3n) is 2.56. The van der Waals surface area contributed by atoms with Gasteiger partial charge in [0.15, 0.2) is 5.15 Å². The molecule has 1 N–H and O–H groups in total. The SMILES string of the molecule is O=C(O)C1CC(=O)N(c2ccc(Br)nc2Cl)C1. The van der Waals surface area contributed by atoms with E-state index >= 15 is 0 Å². The van der Waals surface area contributed by atoms with Gasteiger partial charge in [-0.05, 0) is 28.1 Å². The molecule has 0 radical (unpaired) electrons. The molecule has 0 aliphatic carbocycles. The molecule has 0 aromatic carbocycles. The van der Waals surface area contributed by atoms with E-state index in [1.807, 2.05) is 0 Å². The summed E-state index contributed by atoms with van der Waals surface area (Å²) in [5, 5.41) is 9.05. The van der Waals surface area contributed by atoms with Gasteiger partial charge in [-0.25, -0.2) is 4.98 Å². The van der Waals surface area contributed by atoms with Crippen LogP contribution in [0.1, 0.15) is 6.42 Å². The van der Waals surface area contributed by atoms with Gasteiger partial charge in [-0.1, -0.05) is 11.6 Å². The molecule has 7 heteroatoms. The van der Waals surface area contributed by atoms with Crippen LogP contribution in [-0.4, -0.2) is 28.5 Å². The van der Waals surface area contributed by atoms with Gasteiger partial charge in [-0.15, -0.1) is 0 Å². The first-order valence-corrected chi connectivity index (χ1v) is 6.01. The number of amides is 1. The normalized spacial score (nSPS) is 19.8. The van der Waals surface area contributed by atoms with Gasteiger partial charge in [-0.3, -0.25) is 9.59 Å². The number of halogens is 2. The summed E-state index contributed by atoms with van der Waals surface area (Å²) >= 11 is 9.08. The van der Waals surface area contributed by atoms with Crippen molar-refractivity contribution in [3.8, 4) is 0 Å². The van der Waals surface area contributed by atoms with Gasteiger partial charge in [0, 0.05) is 13.0 Å². The van der Waals surface area contributed by atoms with Gasteiger partial charge in [0.2, 0.25) is 5.91 Å². The van der Waals surface area contributed by atoms with Crippen molar-refractivity contribution in [2.24, 2.45) is 5.92 Å². The summed E-state index contributed by atoms with van der Waals surface area (Å²) in [5.41, 5.74) is 0.448. The zero-order valence-corrected chi connectivity index (χ0v) is 10.9. The molecular formula is C10H8BrClN2O3. The molecule has 90 valence electrons. The van der Waals surface area contributed by atoms with Crippen LogP contribution in [0.4, 0.5) is 5.69 Å². The third-order valence-corrected chi connectivity index (χ3v) is 3.28. The molecule has 1 aromatic heterocycles. The molecule has 2 heterocycles. The zero-order chi connectivity index (χ0) is 12.6. The van der Waals surface area contributed by atoms with Crippen LogP contribution in [0.25, 0.3) is 0 Å². The Morgan fingerprint density at radius 2 is 2.29 bits per heavy atom. The maximum atomic E-state index is 11.7. The molecule has 5 nitrogen and oxygen atoms in total. The Kier molecular flexibility index (Phi) is 3.35. The second-order valence-corrected chi connectivity index (χ2v) is 4.86. The molecule has 1 aliphatic rings. The predicted octanol–water partition coefficient (Wildman–Crippen LogP) is 1.94. The molecule has 1 aromatic rings. The van der Waals surface area contributed by atoms with Crippen LogP contribution in [0.15, 0.2) is 16.7 Å². The molecule has 17 heavy (non-hydrogen) atoms. The quantitative estimate of drug-likeness (QED) is 0.846. The van der Waals surface area contributed by atoms with Crippen LogP contribution >= 0.6 is 27.5 Å². The van der Waals surface area contributed by atoms with Gasteiger partial charge in [-0.2, -0.15) is 0 Å². The minimum absolute atomic E-state index is 0.00171. The lowest BCUT2D eigenvalue weighted by atomic mass is 10.1. The zero-order valence-electron chi connectivity index (χ0n) is 8.56. The van der Waals surface area contributed by atoms with E-state index in [9.17, 15) is 9.59 Å². The molecule has 1 aliphatic heterocycles. The van der Waals surface area contributed by atoms with Gasteiger partial charge >= 0.3 is 5.97 Å². The Labute approximate surface area is 111 Å². The molecule has 1 amide bonds. The number of hydrogen-bond acceptors (Lipinski definition) is 3. The largest absolute Gasteiger partial charge is 0.481 e. The lowest BCUT2D eigenvalue weighted by Gasteiger charge is -2.16. The molecule has 1 unspecified atom stereocenters. The third kappa shape index (κ3) is 2.42. The molecular weight excluding hydrogens is 311 g/mol. The summed E-state index contributed by atoms with van der Waals surface area (Å²) in [6.45, 7) is 0.136. The first-order valence-electron chi connectivity index (χ1n) is 4.84. The number of hydrogen-bond donors (Lipinski definition) is 1. The Bertz CT molecular complexity index is 494. The monoisotopic (exact) mass is 318 g/mol. The molecule has 1 fully saturated rings. The molecule has 1 atom stereocenters. The molecule has 0 spiro atoms. The molecule has 0 bridgehead atoms. The summed E-state index contributed by atoms with van der Waals surface area (Å²) < 4.78 is 0.563. The average molecular weight is 320 g/mol. The van der Waals surface area contributed by atoms with Crippen molar-refractivity contribution in [1.82, 2.24) is 4.98 Å². The maximum absolute atomic E-state index is 11.7. The highest BCUT2D eigenvalue weighted by atomic mass is 79.9. The van der Waals surface area contributed by atoms with Gasteiger partial charge < -0.3 is 10.0 Å². The van der Waals surface area contributed by atoms with E-state index in [-0.39, 0.29) is 24.0 Å². The number of carbonyl (C=O) groups is 2. The summed E-state index contributed by atoms with van der Waals surface area (Å²) in [6, 6.07) is 3.30. The minimum Gasteiger partial charge on any atom is -0.481 e. The Balaban J connectivity index is 2.29. The first-order chi connectivity index (χ1) is 7.99. The number of aliphatic carboxylic acids is 1. The number of carboxylic acids is 1. The first kappa shape index (κ1) is 12.3. The van der Waals surface area contributed by atoms with Crippen molar-refractivity contribution in [3.05, 3.63) is 21.9 Å². The summed E-state index contributed by atoms with van der Waals surface area (Å²) in [5.74, 6) is -1.90. The fourth-order valence-electron chi connectivity index (χ4n) is 1.71. The van der Waals surface area contributed by atoms with Crippen LogP contribution < -0.4 is 4.90 Å². The van der Waals surface area contributed by atoms with E-state index in [0.29, 0.717) is 10.3 Å². The second kappa shape index (κ2) is 4.62. The number of pyridine rings is 1. The fourth-order valence-corrected chi connectivity index (χ4v) is 2.38. The summed E-state index contributed by atoms with van der Waals surface area (Å²) in [4.78, 5) is 27.8. The highest BCUT2D eigenvalue weighted by molar-refractivity contribution is 9.10. The van der Waals surface area contributed by atoms with Crippen molar-refractivity contribution in [2.75, 3.05) is 11.4 Å². The van der Waals surface area contributed by atoms with Crippen molar-refractivity contribution in [1.29, 1.82) is 0 Å². The smallest absolute Gasteiger partial charge is 0.308 e. The predicted molar refractivity (Wildman–Crippen MR) is 65.0 cm³/mol.